The van der Waals surface area contributed by atoms with Crippen LogP contribution in [0.3, 0.4) is 0 Å². The first-order chi connectivity index (χ1) is 10.3. The Hall–Kier alpha value is -2.68. The van der Waals surface area contributed by atoms with E-state index in [0.717, 1.165) is 17.6 Å². The first kappa shape index (κ1) is 14.7. The van der Waals surface area contributed by atoms with Crippen LogP contribution >= 0.6 is 0 Å². The summed E-state index contributed by atoms with van der Waals surface area (Å²) in [7, 11) is 0. The van der Waals surface area contributed by atoms with Crippen molar-refractivity contribution >= 4 is 23.0 Å². The molecule has 1 aromatic heterocycles. The molecule has 0 atom stereocenters. The van der Waals surface area contributed by atoms with Gasteiger partial charge in [-0.15, -0.1) is 0 Å². The molecule has 0 bridgehead atoms. The van der Waals surface area contributed by atoms with Gasteiger partial charge >= 0.3 is 0 Å². The van der Waals surface area contributed by atoms with Crippen LogP contribution in [-0.2, 0) is 11.2 Å². The number of anilines is 1. The van der Waals surface area contributed by atoms with E-state index in [-0.39, 0.29) is 0 Å². The number of amides is 1. The fourth-order valence-electron chi connectivity index (χ4n) is 2.05. The number of carbonyl (C=O) groups is 1. The summed E-state index contributed by atoms with van der Waals surface area (Å²) in [6.45, 7) is 2.06. The lowest BCUT2D eigenvalue weighted by Crippen LogP contribution is -1.97. The topological polar surface area (TPSA) is 42.0 Å². The molecule has 21 heavy (non-hydrogen) atoms. The van der Waals surface area contributed by atoms with Crippen molar-refractivity contribution in [1.29, 1.82) is 0 Å². The van der Waals surface area contributed by atoms with Crippen LogP contribution < -0.4 is 5.32 Å². The van der Waals surface area contributed by atoms with Gasteiger partial charge in [0.05, 0.1) is 5.52 Å². The van der Waals surface area contributed by atoms with Gasteiger partial charge in [-0.25, -0.2) is 0 Å². The fourth-order valence-corrected chi connectivity index (χ4v) is 2.05. The maximum atomic E-state index is 10.1. The molecule has 0 unspecified atom stereocenters. The molecule has 1 amide bonds. The normalized spacial score (nSPS) is 9.57. The molecule has 0 saturated heterocycles. The largest absolute Gasteiger partial charge is 0.328 e. The van der Waals surface area contributed by atoms with Crippen LogP contribution in [-0.4, -0.2) is 11.4 Å². The van der Waals surface area contributed by atoms with Crippen molar-refractivity contribution in [2.45, 2.75) is 13.3 Å². The quantitative estimate of drug-likeness (QED) is 0.734. The average Bonchev–Trinajstić information content (AvgIpc) is 2.56. The molecule has 1 heterocycles. The van der Waals surface area contributed by atoms with Crippen molar-refractivity contribution in [3.05, 3.63) is 72.4 Å². The van der Waals surface area contributed by atoms with E-state index in [0.29, 0.717) is 6.41 Å². The van der Waals surface area contributed by atoms with Gasteiger partial charge in [0.25, 0.3) is 0 Å². The number of carbonyl (C=O) groups excluding carboxylic acids is 1. The van der Waals surface area contributed by atoms with Crippen LogP contribution in [0, 0.1) is 0 Å². The highest BCUT2D eigenvalue weighted by molar-refractivity contribution is 5.77. The van der Waals surface area contributed by atoms with Crippen LogP contribution in [0.5, 0.6) is 0 Å². The number of pyridine rings is 1. The number of benzene rings is 2. The Morgan fingerprint density at radius 1 is 1.00 bits per heavy atom. The van der Waals surface area contributed by atoms with Gasteiger partial charge in [-0.05, 0) is 30.2 Å². The lowest BCUT2D eigenvalue weighted by molar-refractivity contribution is -0.105. The van der Waals surface area contributed by atoms with E-state index >= 15 is 0 Å². The summed E-state index contributed by atoms with van der Waals surface area (Å²) in [5, 5.41) is 3.85. The molecule has 3 aromatic rings. The van der Waals surface area contributed by atoms with Gasteiger partial charge in [-0.1, -0.05) is 49.4 Å². The van der Waals surface area contributed by atoms with Crippen molar-refractivity contribution in [3.63, 3.8) is 0 Å². The summed E-state index contributed by atoms with van der Waals surface area (Å²) in [6, 6.07) is 19.9. The molecule has 106 valence electrons. The van der Waals surface area contributed by atoms with Gasteiger partial charge in [0.15, 0.2) is 0 Å². The summed E-state index contributed by atoms with van der Waals surface area (Å²) >= 11 is 0. The fraction of sp³-hybridized carbons (Fsp3) is 0.111. The molecule has 1 N–H and O–H groups in total. The zero-order valence-corrected chi connectivity index (χ0v) is 12.0. The van der Waals surface area contributed by atoms with E-state index in [1.165, 1.54) is 10.9 Å². The van der Waals surface area contributed by atoms with E-state index in [9.17, 15) is 4.79 Å². The molecule has 3 nitrogen and oxygen atoms in total. The molecule has 0 aliphatic rings. The number of hydrogen-bond acceptors (Lipinski definition) is 2. The molecule has 0 aliphatic heterocycles. The monoisotopic (exact) mass is 278 g/mol. The Morgan fingerprint density at radius 3 is 2.48 bits per heavy atom. The summed E-state index contributed by atoms with van der Waals surface area (Å²) < 4.78 is 0. The second-order valence-electron chi connectivity index (χ2n) is 4.47. The number of hydrogen-bond donors (Lipinski definition) is 1. The zero-order chi connectivity index (χ0) is 14.9. The molecule has 0 radical (unpaired) electrons. The third-order valence-electron chi connectivity index (χ3n) is 3.12. The van der Waals surface area contributed by atoms with Gasteiger partial charge in [-0.2, -0.15) is 0 Å². The molecular weight excluding hydrogens is 260 g/mol. The third-order valence-corrected chi connectivity index (χ3v) is 3.12. The first-order valence-electron chi connectivity index (χ1n) is 6.93. The minimum Gasteiger partial charge on any atom is -0.328 e. The highest BCUT2D eigenvalue weighted by atomic mass is 16.1. The van der Waals surface area contributed by atoms with Crippen LogP contribution in [0.15, 0.2) is 66.9 Å². The van der Waals surface area contributed by atoms with Crippen molar-refractivity contribution in [3.8, 4) is 0 Å². The zero-order valence-electron chi connectivity index (χ0n) is 12.0. The Morgan fingerprint density at radius 2 is 1.71 bits per heavy atom. The first-order valence-corrected chi connectivity index (χ1v) is 6.93. The second-order valence-corrected chi connectivity index (χ2v) is 4.47. The molecule has 0 saturated carbocycles. The third kappa shape index (κ3) is 4.14. The van der Waals surface area contributed by atoms with Crippen molar-refractivity contribution in [1.82, 2.24) is 4.98 Å². The van der Waals surface area contributed by atoms with E-state index in [1.54, 1.807) is 0 Å². The number of fused-ring (bicyclic) bond motifs is 1. The van der Waals surface area contributed by atoms with Gasteiger partial charge in [0.2, 0.25) is 6.41 Å². The Labute approximate surface area is 124 Å². The van der Waals surface area contributed by atoms with Gasteiger partial charge in [0.1, 0.15) is 0 Å². The van der Waals surface area contributed by atoms with Crippen LogP contribution in [0.2, 0.25) is 0 Å². The molecular formula is C18H18N2O. The number of aryl methyl sites for hydroxylation is 1. The minimum atomic E-state index is 0.703. The van der Waals surface area contributed by atoms with Crippen molar-refractivity contribution in [2.24, 2.45) is 0 Å². The molecule has 3 rings (SSSR count). The Bertz CT molecular complexity index is 645. The lowest BCUT2D eigenvalue weighted by Gasteiger charge is -2.03. The van der Waals surface area contributed by atoms with Gasteiger partial charge < -0.3 is 5.32 Å². The van der Waals surface area contributed by atoms with E-state index < -0.39 is 0 Å². The highest BCUT2D eigenvalue weighted by Crippen LogP contribution is 2.13. The molecule has 0 spiro atoms. The van der Waals surface area contributed by atoms with E-state index in [4.69, 9.17) is 0 Å². The number of nitrogens with zero attached hydrogens (tertiary/aromatic N) is 1. The Balaban J connectivity index is 0.000000154. The minimum absolute atomic E-state index is 0.703. The van der Waals surface area contributed by atoms with Crippen LogP contribution in [0.4, 0.5) is 5.69 Å². The Kier molecular flexibility index (Phi) is 5.47. The predicted octanol–water partition coefficient (Wildman–Crippen LogP) is 4.05. The molecule has 2 aromatic carbocycles. The number of aromatic nitrogens is 1. The summed E-state index contributed by atoms with van der Waals surface area (Å²) in [4.78, 5) is 14.3. The highest BCUT2D eigenvalue weighted by Gasteiger charge is 1.95. The number of nitrogens with one attached hydrogen (secondary N) is 1. The van der Waals surface area contributed by atoms with Gasteiger partial charge in [0, 0.05) is 17.3 Å². The van der Waals surface area contributed by atoms with Crippen molar-refractivity contribution < 1.29 is 4.79 Å². The summed E-state index contributed by atoms with van der Waals surface area (Å²) in [5.41, 5.74) is 3.13. The number of para-hydroxylation sites is 2. The lowest BCUT2D eigenvalue weighted by atomic mass is 10.1. The smallest absolute Gasteiger partial charge is 0.211 e. The predicted molar refractivity (Wildman–Crippen MR) is 87.2 cm³/mol. The maximum absolute atomic E-state index is 10.1. The van der Waals surface area contributed by atoms with Crippen LogP contribution in [0.1, 0.15) is 12.5 Å². The summed E-state index contributed by atoms with van der Waals surface area (Å²) in [6.07, 6.45) is 3.45. The molecule has 0 aliphatic carbocycles. The maximum Gasteiger partial charge on any atom is 0.211 e. The SMILES string of the molecule is CCc1ccccc1NC=O.c1ccc2ncccc2c1. The standard InChI is InChI=1S/C9H11NO.C9H7N/c1-2-8-5-3-4-6-9(8)10-7-11;1-2-6-9-8(4-1)5-3-7-10-9/h3-7H,2H2,1H3,(H,10,11);1-7H. The van der Waals surface area contributed by atoms with Gasteiger partial charge in [-0.3, -0.25) is 9.78 Å². The average molecular weight is 278 g/mol. The summed E-state index contributed by atoms with van der Waals surface area (Å²) in [5.74, 6) is 0. The second kappa shape index (κ2) is 7.80. The molecule has 3 heteroatoms. The molecule has 0 fully saturated rings. The van der Waals surface area contributed by atoms with E-state index in [1.807, 2.05) is 54.7 Å². The van der Waals surface area contributed by atoms with E-state index in [2.05, 4.69) is 29.4 Å². The van der Waals surface area contributed by atoms with Crippen molar-refractivity contribution in [2.75, 3.05) is 5.32 Å². The van der Waals surface area contributed by atoms with Crippen LogP contribution in [0.25, 0.3) is 10.9 Å². The number of rotatable bonds is 3.